The highest BCUT2D eigenvalue weighted by Crippen LogP contribution is 2.33. The summed E-state index contributed by atoms with van der Waals surface area (Å²) in [6, 6.07) is 13.9. The number of methoxy groups -OCH3 is 3. The van der Waals surface area contributed by atoms with E-state index in [4.69, 9.17) is 18.4 Å². The highest BCUT2D eigenvalue weighted by molar-refractivity contribution is 7.87. The summed E-state index contributed by atoms with van der Waals surface area (Å²) >= 11 is 0. The monoisotopic (exact) mass is 531 g/mol. The summed E-state index contributed by atoms with van der Waals surface area (Å²) in [7, 11) is 0.136. The van der Waals surface area contributed by atoms with Gasteiger partial charge in [-0.1, -0.05) is 13.0 Å². The van der Waals surface area contributed by atoms with Crippen molar-refractivity contribution in [2.45, 2.75) is 37.8 Å². The standard InChI is InChI=1S/C27H30FNO7S/c1-6-18(2)29(27(30)23-13-10-21(33-3)16-25(23)35-5)17-19-7-14-24(34-4)26(15-19)36-37(31,32)22-11-8-20(28)9-12-22/h7-16,18H,6,17H2,1-5H3. The molecule has 0 heterocycles. The summed E-state index contributed by atoms with van der Waals surface area (Å²) in [4.78, 5) is 15.1. The van der Waals surface area contributed by atoms with Crippen molar-refractivity contribution in [3.63, 3.8) is 0 Å². The molecule has 0 fully saturated rings. The van der Waals surface area contributed by atoms with Crippen LogP contribution in [0.4, 0.5) is 4.39 Å². The molecule has 37 heavy (non-hydrogen) atoms. The maximum Gasteiger partial charge on any atom is 0.339 e. The Labute approximate surface area is 216 Å². The SMILES string of the molecule is CCC(C)N(Cc1ccc(OC)c(OS(=O)(=O)c2ccc(F)cc2)c1)C(=O)c1ccc(OC)cc1OC. The van der Waals surface area contributed by atoms with E-state index in [0.717, 1.165) is 24.3 Å². The molecule has 198 valence electrons. The predicted octanol–water partition coefficient (Wildman–Crippen LogP) is 5.06. The van der Waals surface area contributed by atoms with E-state index >= 15 is 0 Å². The van der Waals surface area contributed by atoms with Gasteiger partial charge in [0.2, 0.25) is 0 Å². The number of hydrogen-bond donors (Lipinski definition) is 0. The van der Waals surface area contributed by atoms with Crippen LogP contribution in [0.3, 0.4) is 0 Å². The van der Waals surface area contributed by atoms with Crippen LogP contribution in [-0.4, -0.2) is 46.6 Å². The van der Waals surface area contributed by atoms with Gasteiger partial charge in [-0.25, -0.2) is 4.39 Å². The minimum absolute atomic E-state index is 0.0529. The van der Waals surface area contributed by atoms with Gasteiger partial charge in [-0.15, -0.1) is 0 Å². The largest absolute Gasteiger partial charge is 0.497 e. The summed E-state index contributed by atoms with van der Waals surface area (Å²) in [6.45, 7) is 4.06. The Hall–Kier alpha value is -3.79. The number of ether oxygens (including phenoxy) is 3. The van der Waals surface area contributed by atoms with Crippen LogP contribution in [0, 0.1) is 5.82 Å². The number of nitrogens with zero attached hydrogens (tertiary/aromatic N) is 1. The fourth-order valence-corrected chi connectivity index (χ4v) is 4.56. The van der Waals surface area contributed by atoms with Gasteiger partial charge < -0.3 is 23.3 Å². The average molecular weight is 532 g/mol. The van der Waals surface area contributed by atoms with Gasteiger partial charge in [-0.05, 0) is 67.4 Å². The van der Waals surface area contributed by atoms with E-state index in [9.17, 15) is 17.6 Å². The van der Waals surface area contributed by atoms with Crippen molar-refractivity contribution in [2.24, 2.45) is 0 Å². The first-order chi connectivity index (χ1) is 17.6. The number of carbonyl (C=O) groups excluding carboxylic acids is 1. The van der Waals surface area contributed by atoms with Crippen molar-refractivity contribution in [1.82, 2.24) is 4.90 Å². The lowest BCUT2D eigenvalue weighted by molar-refractivity contribution is 0.0668. The third-order valence-electron chi connectivity index (χ3n) is 5.91. The third kappa shape index (κ3) is 6.51. The molecule has 0 aliphatic heterocycles. The Kier molecular flexibility index (Phi) is 8.99. The van der Waals surface area contributed by atoms with Crippen LogP contribution >= 0.6 is 0 Å². The van der Waals surface area contributed by atoms with E-state index in [1.807, 2.05) is 13.8 Å². The summed E-state index contributed by atoms with van der Waals surface area (Å²) in [6.07, 6.45) is 0.683. The Morgan fingerprint density at radius 2 is 1.57 bits per heavy atom. The van der Waals surface area contributed by atoms with Crippen LogP contribution in [0.1, 0.15) is 36.2 Å². The highest BCUT2D eigenvalue weighted by atomic mass is 32.2. The van der Waals surface area contributed by atoms with E-state index in [1.165, 1.54) is 27.4 Å². The van der Waals surface area contributed by atoms with Crippen molar-refractivity contribution in [2.75, 3.05) is 21.3 Å². The fraction of sp³-hybridized carbons (Fsp3) is 0.296. The highest BCUT2D eigenvalue weighted by Gasteiger charge is 2.25. The first kappa shape index (κ1) is 27.8. The number of halogens is 1. The quantitative estimate of drug-likeness (QED) is 0.320. The number of rotatable bonds is 11. The number of benzene rings is 3. The van der Waals surface area contributed by atoms with Crippen molar-refractivity contribution in [3.05, 3.63) is 77.6 Å². The normalized spacial score (nSPS) is 11.9. The van der Waals surface area contributed by atoms with Crippen molar-refractivity contribution >= 4 is 16.0 Å². The molecule has 0 radical (unpaired) electrons. The van der Waals surface area contributed by atoms with E-state index in [2.05, 4.69) is 0 Å². The summed E-state index contributed by atoms with van der Waals surface area (Å²) in [5.74, 6) is 0.244. The molecule has 10 heteroatoms. The van der Waals surface area contributed by atoms with Crippen molar-refractivity contribution in [3.8, 4) is 23.0 Å². The second kappa shape index (κ2) is 12.0. The molecular formula is C27H30FNO7S. The summed E-state index contributed by atoms with van der Waals surface area (Å²) < 4.78 is 60.1. The lowest BCUT2D eigenvalue weighted by atomic mass is 10.1. The van der Waals surface area contributed by atoms with Gasteiger partial charge in [-0.3, -0.25) is 4.79 Å². The van der Waals surface area contributed by atoms with Crippen LogP contribution < -0.4 is 18.4 Å². The van der Waals surface area contributed by atoms with Gasteiger partial charge in [0.05, 0.1) is 26.9 Å². The molecule has 0 saturated heterocycles. The summed E-state index contributed by atoms with van der Waals surface area (Å²) in [5, 5.41) is 0. The van der Waals surface area contributed by atoms with Gasteiger partial charge in [0.25, 0.3) is 5.91 Å². The Balaban J connectivity index is 1.95. The molecule has 0 N–H and O–H groups in total. The maximum atomic E-state index is 13.6. The van der Waals surface area contributed by atoms with Crippen molar-refractivity contribution in [1.29, 1.82) is 0 Å². The molecule has 0 saturated carbocycles. The number of amides is 1. The molecule has 1 unspecified atom stereocenters. The van der Waals surface area contributed by atoms with Crippen LogP contribution in [0.2, 0.25) is 0 Å². The smallest absolute Gasteiger partial charge is 0.339 e. The molecule has 1 amide bonds. The molecular weight excluding hydrogens is 501 g/mol. The Bertz CT molecular complexity index is 1340. The molecule has 0 aromatic heterocycles. The maximum absolute atomic E-state index is 13.6. The van der Waals surface area contributed by atoms with E-state index in [0.29, 0.717) is 29.0 Å². The molecule has 3 aromatic carbocycles. The van der Waals surface area contributed by atoms with Gasteiger partial charge in [0.1, 0.15) is 22.2 Å². The van der Waals surface area contributed by atoms with Gasteiger partial charge in [-0.2, -0.15) is 8.42 Å². The predicted molar refractivity (Wildman–Crippen MR) is 136 cm³/mol. The van der Waals surface area contributed by atoms with Crippen molar-refractivity contribution < 1.29 is 36.0 Å². The molecule has 1 atom stereocenters. The minimum atomic E-state index is -4.26. The molecule has 3 aromatic rings. The van der Waals surface area contributed by atoms with Crippen LogP contribution in [0.5, 0.6) is 23.0 Å². The first-order valence-electron chi connectivity index (χ1n) is 11.5. The van der Waals surface area contributed by atoms with Crippen LogP contribution in [0.25, 0.3) is 0 Å². The molecule has 0 aliphatic rings. The summed E-state index contributed by atoms with van der Waals surface area (Å²) in [5.41, 5.74) is 0.985. The van der Waals surface area contributed by atoms with Gasteiger partial charge in [0, 0.05) is 18.7 Å². The van der Waals surface area contributed by atoms with Crippen LogP contribution in [0.15, 0.2) is 65.6 Å². The van der Waals surface area contributed by atoms with E-state index in [-0.39, 0.29) is 34.9 Å². The number of carbonyl (C=O) groups is 1. The zero-order valence-corrected chi connectivity index (χ0v) is 22.2. The molecule has 8 nitrogen and oxygen atoms in total. The Morgan fingerprint density at radius 3 is 2.16 bits per heavy atom. The van der Waals surface area contributed by atoms with E-state index in [1.54, 1.807) is 35.2 Å². The minimum Gasteiger partial charge on any atom is -0.497 e. The molecule has 3 rings (SSSR count). The Morgan fingerprint density at radius 1 is 0.892 bits per heavy atom. The van der Waals surface area contributed by atoms with Gasteiger partial charge in [0.15, 0.2) is 11.5 Å². The number of hydrogen-bond acceptors (Lipinski definition) is 7. The second-order valence-corrected chi connectivity index (χ2v) is 9.78. The second-order valence-electron chi connectivity index (χ2n) is 8.23. The topological polar surface area (TPSA) is 91.4 Å². The average Bonchev–Trinajstić information content (AvgIpc) is 2.90. The fourth-order valence-electron chi connectivity index (χ4n) is 3.63. The first-order valence-corrected chi connectivity index (χ1v) is 12.9. The lowest BCUT2D eigenvalue weighted by Crippen LogP contribution is -2.38. The third-order valence-corrected chi connectivity index (χ3v) is 7.15. The molecule has 0 bridgehead atoms. The molecule has 0 aliphatic carbocycles. The van der Waals surface area contributed by atoms with Crippen LogP contribution in [-0.2, 0) is 16.7 Å². The lowest BCUT2D eigenvalue weighted by Gasteiger charge is -2.29. The zero-order valence-electron chi connectivity index (χ0n) is 21.4. The van der Waals surface area contributed by atoms with Gasteiger partial charge >= 0.3 is 10.1 Å². The molecule has 0 spiro atoms. The van der Waals surface area contributed by atoms with E-state index < -0.39 is 15.9 Å². The zero-order chi connectivity index (χ0) is 27.2.